The van der Waals surface area contributed by atoms with Gasteiger partial charge in [0.05, 0.1) is 42.4 Å². The van der Waals surface area contributed by atoms with Crippen LogP contribution in [0.2, 0.25) is 0 Å². The van der Waals surface area contributed by atoms with Crippen molar-refractivity contribution in [1.29, 1.82) is 5.26 Å². The first-order valence-electron chi connectivity index (χ1n) is 7.73. The van der Waals surface area contributed by atoms with Crippen molar-refractivity contribution in [3.05, 3.63) is 52.6 Å². The fourth-order valence-electron chi connectivity index (χ4n) is 2.75. The monoisotopic (exact) mass is 341 g/mol. The summed E-state index contributed by atoms with van der Waals surface area (Å²) in [5.41, 5.74) is 2.29. The lowest BCUT2D eigenvalue weighted by molar-refractivity contribution is -0.139. The van der Waals surface area contributed by atoms with Gasteiger partial charge in [-0.15, -0.1) is 0 Å². The number of esters is 2. The molecule has 1 aliphatic heterocycles. The summed E-state index contributed by atoms with van der Waals surface area (Å²) in [5.74, 6) is -1.84. The van der Waals surface area contributed by atoms with Crippen molar-refractivity contribution < 1.29 is 19.1 Å². The van der Waals surface area contributed by atoms with E-state index in [-0.39, 0.29) is 18.6 Å². The SMILES string of the molecule is COC(=O)C1=C(C)NC(C)=C(C(=O)OCCC#N)C1c1ccccn1. The molecule has 7 heteroatoms. The Morgan fingerprint density at radius 1 is 1.24 bits per heavy atom. The van der Waals surface area contributed by atoms with Crippen LogP contribution in [0.25, 0.3) is 0 Å². The fourth-order valence-corrected chi connectivity index (χ4v) is 2.75. The van der Waals surface area contributed by atoms with E-state index in [4.69, 9.17) is 14.7 Å². The second-order valence-electron chi connectivity index (χ2n) is 5.43. The van der Waals surface area contributed by atoms with Gasteiger partial charge in [0.15, 0.2) is 0 Å². The molecule has 0 aliphatic carbocycles. The molecule has 0 saturated heterocycles. The molecular formula is C18H19N3O4. The standard InChI is InChI=1S/C18H19N3O4/c1-11-14(17(22)24-3)16(13-7-4-5-9-20-13)15(12(2)21-11)18(23)25-10-6-8-19/h4-5,7,9,16,21H,6,10H2,1-3H3. The molecule has 0 radical (unpaired) electrons. The summed E-state index contributed by atoms with van der Waals surface area (Å²) in [6.45, 7) is 3.45. The van der Waals surface area contributed by atoms with Gasteiger partial charge >= 0.3 is 11.9 Å². The molecule has 0 amide bonds. The van der Waals surface area contributed by atoms with Crippen molar-refractivity contribution in [3.8, 4) is 6.07 Å². The first-order valence-corrected chi connectivity index (χ1v) is 7.73. The summed E-state index contributed by atoms with van der Waals surface area (Å²) in [6, 6.07) is 7.19. The number of hydrogen-bond acceptors (Lipinski definition) is 7. The highest BCUT2D eigenvalue weighted by molar-refractivity contribution is 5.99. The number of aromatic nitrogens is 1. The Bertz CT molecular complexity index is 775. The number of ether oxygens (including phenoxy) is 2. The van der Waals surface area contributed by atoms with Crippen LogP contribution in [0, 0.1) is 11.3 Å². The third-order valence-electron chi connectivity index (χ3n) is 3.82. The van der Waals surface area contributed by atoms with Gasteiger partial charge in [0.25, 0.3) is 0 Å². The topological polar surface area (TPSA) is 101 Å². The maximum Gasteiger partial charge on any atom is 0.336 e. The first-order chi connectivity index (χ1) is 12.0. The molecule has 0 bridgehead atoms. The molecule has 0 saturated carbocycles. The average molecular weight is 341 g/mol. The van der Waals surface area contributed by atoms with Crippen LogP contribution >= 0.6 is 0 Å². The molecule has 0 aromatic carbocycles. The van der Waals surface area contributed by atoms with E-state index in [0.717, 1.165) is 0 Å². The number of nitrogens with one attached hydrogen (secondary N) is 1. The molecule has 1 aliphatic rings. The highest BCUT2D eigenvalue weighted by atomic mass is 16.5. The Labute approximate surface area is 146 Å². The van der Waals surface area contributed by atoms with Gasteiger partial charge in [-0.25, -0.2) is 9.59 Å². The van der Waals surface area contributed by atoms with Gasteiger partial charge < -0.3 is 14.8 Å². The van der Waals surface area contributed by atoms with Crippen LogP contribution in [0.1, 0.15) is 31.9 Å². The zero-order valence-corrected chi connectivity index (χ0v) is 14.3. The third-order valence-corrected chi connectivity index (χ3v) is 3.82. The van der Waals surface area contributed by atoms with Gasteiger partial charge in [-0.2, -0.15) is 5.26 Å². The number of nitrogens with zero attached hydrogens (tertiary/aromatic N) is 2. The van der Waals surface area contributed by atoms with Gasteiger partial charge in [-0.1, -0.05) is 6.07 Å². The maximum absolute atomic E-state index is 12.6. The van der Waals surface area contributed by atoms with Crippen molar-refractivity contribution in [2.75, 3.05) is 13.7 Å². The van der Waals surface area contributed by atoms with Crippen LogP contribution in [0.5, 0.6) is 0 Å². The third kappa shape index (κ3) is 3.86. The lowest BCUT2D eigenvalue weighted by atomic mass is 9.83. The summed E-state index contributed by atoms with van der Waals surface area (Å²) in [5, 5.41) is 11.6. The Kier molecular flexibility index (Phi) is 5.90. The molecule has 7 nitrogen and oxygen atoms in total. The Morgan fingerprint density at radius 2 is 1.92 bits per heavy atom. The van der Waals surface area contributed by atoms with Crippen LogP contribution < -0.4 is 5.32 Å². The highest BCUT2D eigenvalue weighted by Gasteiger charge is 2.38. The lowest BCUT2D eigenvalue weighted by Gasteiger charge is -2.29. The zero-order valence-electron chi connectivity index (χ0n) is 14.3. The smallest absolute Gasteiger partial charge is 0.336 e. The Balaban J connectivity index is 2.51. The molecule has 2 heterocycles. The summed E-state index contributed by atoms with van der Waals surface area (Å²) >= 11 is 0. The van der Waals surface area contributed by atoms with Crippen LogP contribution in [0.4, 0.5) is 0 Å². The number of rotatable bonds is 5. The van der Waals surface area contributed by atoms with Gasteiger partial charge in [-0.05, 0) is 26.0 Å². The minimum atomic E-state index is -0.704. The van der Waals surface area contributed by atoms with Gasteiger partial charge in [0.2, 0.25) is 0 Å². The summed E-state index contributed by atoms with van der Waals surface area (Å²) in [7, 11) is 1.29. The molecule has 1 aromatic rings. The molecule has 0 fully saturated rings. The summed E-state index contributed by atoms with van der Waals surface area (Å²) in [6.07, 6.45) is 1.69. The molecule has 1 N–H and O–H groups in total. The Hall–Kier alpha value is -3.14. The minimum Gasteiger partial charge on any atom is -0.466 e. The highest BCUT2D eigenvalue weighted by Crippen LogP contribution is 2.38. The zero-order chi connectivity index (χ0) is 18.4. The number of hydrogen-bond donors (Lipinski definition) is 1. The number of methoxy groups -OCH3 is 1. The van der Waals surface area contributed by atoms with E-state index >= 15 is 0 Å². The van der Waals surface area contributed by atoms with E-state index in [1.165, 1.54) is 7.11 Å². The molecule has 1 unspecified atom stereocenters. The predicted octanol–water partition coefficient (Wildman–Crippen LogP) is 1.95. The second kappa shape index (κ2) is 8.11. The second-order valence-corrected chi connectivity index (χ2v) is 5.43. The number of pyridine rings is 1. The van der Waals surface area contributed by atoms with Gasteiger partial charge in [0.1, 0.15) is 6.61 Å². The van der Waals surface area contributed by atoms with Crippen molar-refractivity contribution in [3.63, 3.8) is 0 Å². The van der Waals surface area contributed by atoms with E-state index < -0.39 is 17.9 Å². The molecule has 1 atom stereocenters. The van der Waals surface area contributed by atoms with Gasteiger partial charge in [0, 0.05) is 17.6 Å². The van der Waals surface area contributed by atoms with Crippen LogP contribution in [0.15, 0.2) is 46.9 Å². The van der Waals surface area contributed by atoms with Crippen molar-refractivity contribution in [2.24, 2.45) is 0 Å². The first kappa shape index (κ1) is 18.2. The molecule has 130 valence electrons. The predicted molar refractivity (Wildman–Crippen MR) is 88.7 cm³/mol. The summed E-state index contributed by atoms with van der Waals surface area (Å²) < 4.78 is 10.1. The van der Waals surface area contributed by atoms with E-state index in [1.54, 1.807) is 38.2 Å². The molecule has 0 spiro atoms. The van der Waals surface area contributed by atoms with Gasteiger partial charge in [-0.3, -0.25) is 4.98 Å². The molecule has 2 rings (SSSR count). The van der Waals surface area contributed by atoms with Crippen LogP contribution in [-0.2, 0) is 19.1 Å². The molecule has 1 aromatic heterocycles. The quantitative estimate of drug-likeness (QED) is 0.645. The van der Waals surface area contributed by atoms with Crippen molar-refractivity contribution in [2.45, 2.75) is 26.2 Å². The van der Waals surface area contributed by atoms with Crippen LogP contribution in [0.3, 0.4) is 0 Å². The number of nitriles is 1. The van der Waals surface area contributed by atoms with Crippen molar-refractivity contribution in [1.82, 2.24) is 10.3 Å². The fraction of sp³-hybridized carbons (Fsp3) is 0.333. The molecule has 25 heavy (non-hydrogen) atoms. The largest absolute Gasteiger partial charge is 0.466 e. The summed E-state index contributed by atoms with van der Waals surface area (Å²) in [4.78, 5) is 29.2. The number of dihydropyridines is 1. The van der Waals surface area contributed by atoms with E-state index in [1.807, 2.05) is 6.07 Å². The van der Waals surface area contributed by atoms with E-state index in [9.17, 15) is 9.59 Å². The normalized spacial score (nSPS) is 16.8. The number of carbonyl (C=O) groups is 2. The van der Waals surface area contributed by atoms with E-state index in [0.29, 0.717) is 22.7 Å². The number of carbonyl (C=O) groups excluding carboxylic acids is 2. The average Bonchev–Trinajstić information content (AvgIpc) is 2.61. The van der Waals surface area contributed by atoms with Crippen LogP contribution in [-0.4, -0.2) is 30.6 Å². The number of allylic oxidation sites excluding steroid dienone is 2. The minimum absolute atomic E-state index is 0.0166. The van der Waals surface area contributed by atoms with E-state index in [2.05, 4.69) is 10.3 Å². The molecular weight excluding hydrogens is 322 g/mol. The maximum atomic E-state index is 12.6. The van der Waals surface area contributed by atoms with Crippen molar-refractivity contribution >= 4 is 11.9 Å². The Morgan fingerprint density at radius 3 is 2.48 bits per heavy atom. The lowest BCUT2D eigenvalue weighted by Crippen LogP contribution is -2.32.